The lowest BCUT2D eigenvalue weighted by Gasteiger charge is -2.33. The Morgan fingerprint density at radius 2 is 1.79 bits per heavy atom. The van der Waals surface area contributed by atoms with E-state index in [0.29, 0.717) is 25.9 Å². The van der Waals surface area contributed by atoms with Gasteiger partial charge in [0.05, 0.1) is 5.25 Å². The largest absolute Gasteiger partial charge is 0.335 e. The average molecular weight is 358 g/mol. The molecule has 1 N–H and O–H groups in total. The highest BCUT2D eigenvalue weighted by atomic mass is 32.2. The van der Waals surface area contributed by atoms with Crippen LogP contribution in [-0.2, 0) is 9.84 Å². The highest BCUT2D eigenvalue weighted by Crippen LogP contribution is 2.18. The molecule has 6 nitrogen and oxygen atoms in total. The van der Waals surface area contributed by atoms with Gasteiger partial charge in [-0.2, -0.15) is 0 Å². The molecule has 0 spiro atoms. The highest BCUT2D eigenvalue weighted by Gasteiger charge is 2.28. The van der Waals surface area contributed by atoms with Crippen molar-refractivity contribution in [3.63, 3.8) is 0 Å². The molecule has 0 saturated carbocycles. The van der Waals surface area contributed by atoms with E-state index in [1.54, 1.807) is 4.90 Å². The first-order valence-corrected chi connectivity index (χ1v) is 10.8. The van der Waals surface area contributed by atoms with Crippen molar-refractivity contribution in [2.45, 2.75) is 50.3 Å². The van der Waals surface area contributed by atoms with Gasteiger partial charge in [-0.15, -0.1) is 0 Å². The van der Waals surface area contributed by atoms with Gasteiger partial charge in [0.25, 0.3) is 0 Å². The Morgan fingerprint density at radius 1 is 1.12 bits per heavy atom. The van der Waals surface area contributed by atoms with E-state index in [0.717, 1.165) is 38.9 Å². The van der Waals surface area contributed by atoms with Crippen molar-refractivity contribution in [3.8, 4) is 0 Å². The summed E-state index contributed by atoms with van der Waals surface area (Å²) in [6.45, 7) is 10.0. The summed E-state index contributed by atoms with van der Waals surface area (Å²) in [6, 6.07) is 0.176. The second kappa shape index (κ2) is 8.34. The molecule has 1 unspecified atom stereocenters. The van der Waals surface area contributed by atoms with Crippen molar-refractivity contribution in [2.75, 3.05) is 39.0 Å². The molecule has 138 valence electrons. The third-order valence-electron chi connectivity index (χ3n) is 4.98. The lowest BCUT2D eigenvalue weighted by atomic mass is 10.0. The molecule has 2 aliphatic rings. The van der Waals surface area contributed by atoms with Crippen molar-refractivity contribution in [3.05, 3.63) is 12.2 Å². The number of nitrogens with zero attached hydrogens (tertiary/aromatic N) is 2. The van der Waals surface area contributed by atoms with Crippen molar-refractivity contribution < 1.29 is 13.2 Å². The van der Waals surface area contributed by atoms with Crippen LogP contribution in [0.25, 0.3) is 0 Å². The molecule has 2 amide bonds. The first kappa shape index (κ1) is 19.2. The second-order valence-electron chi connectivity index (χ2n) is 7.33. The summed E-state index contributed by atoms with van der Waals surface area (Å²) < 4.78 is 23.4. The maximum atomic E-state index is 12.5. The first-order valence-electron chi connectivity index (χ1n) is 8.86. The van der Waals surface area contributed by atoms with Gasteiger partial charge in [-0.05, 0) is 39.0 Å². The van der Waals surface area contributed by atoms with E-state index in [2.05, 4.69) is 16.8 Å². The van der Waals surface area contributed by atoms with Crippen molar-refractivity contribution >= 4 is 15.9 Å². The van der Waals surface area contributed by atoms with E-state index >= 15 is 0 Å². The fourth-order valence-corrected chi connectivity index (χ4v) is 4.71. The maximum absolute atomic E-state index is 12.5. The molecule has 2 aliphatic heterocycles. The smallest absolute Gasteiger partial charge is 0.317 e. The van der Waals surface area contributed by atoms with Crippen LogP contribution in [0.4, 0.5) is 4.79 Å². The van der Waals surface area contributed by atoms with E-state index in [1.165, 1.54) is 11.8 Å². The fraction of sp³-hybridized carbons (Fsp3) is 0.824. The van der Waals surface area contributed by atoms with Crippen LogP contribution in [0.1, 0.15) is 39.0 Å². The van der Waals surface area contributed by atoms with Gasteiger partial charge in [-0.1, -0.05) is 12.2 Å². The predicted octanol–water partition coefficient (Wildman–Crippen LogP) is 1.64. The zero-order valence-electron chi connectivity index (χ0n) is 15.0. The number of amides is 2. The van der Waals surface area contributed by atoms with Crippen molar-refractivity contribution in [1.29, 1.82) is 0 Å². The van der Waals surface area contributed by atoms with E-state index < -0.39 is 9.84 Å². The number of hydrogen-bond donors (Lipinski definition) is 1. The average Bonchev–Trinajstić information content (AvgIpc) is 2.74. The fourth-order valence-electron chi connectivity index (χ4n) is 3.58. The first-order chi connectivity index (χ1) is 11.3. The number of carbonyl (C=O) groups excluding carboxylic acids is 1. The van der Waals surface area contributed by atoms with Gasteiger partial charge in [0.15, 0.2) is 0 Å². The lowest BCUT2D eigenvalue weighted by Crippen LogP contribution is -2.49. The number of nitrogens with one attached hydrogen (secondary N) is 1. The molecule has 7 heteroatoms. The van der Waals surface area contributed by atoms with E-state index in [-0.39, 0.29) is 17.3 Å². The van der Waals surface area contributed by atoms with Crippen LogP contribution in [0.15, 0.2) is 12.2 Å². The van der Waals surface area contributed by atoms with Crippen molar-refractivity contribution in [2.24, 2.45) is 0 Å². The molecule has 0 radical (unpaired) electrons. The Labute approximate surface area is 146 Å². The third kappa shape index (κ3) is 5.77. The number of sulfone groups is 1. The standard InChI is InChI=1S/C17H31N3O3S/c1-14(2)13-19-10-6-15(7-11-19)18-17(21)20-9-4-5-16(8-12-20)24(3,22)23/h15-16H,1,4-13H2,2-3H3,(H,18,21). The summed E-state index contributed by atoms with van der Waals surface area (Å²) in [5.74, 6) is 0. The van der Waals surface area contributed by atoms with Crippen LogP contribution in [-0.4, -0.2) is 74.5 Å². The van der Waals surface area contributed by atoms with Gasteiger partial charge in [0, 0.05) is 45.0 Å². The van der Waals surface area contributed by atoms with Crippen LogP contribution in [0.2, 0.25) is 0 Å². The number of hydrogen-bond acceptors (Lipinski definition) is 4. The molecule has 2 fully saturated rings. The Balaban J connectivity index is 1.78. The summed E-state index contributed by atoms with van der Waals surface area (Å²) in [7, 11) is -3.01. The van der Waals surface area contributed by atoms with Crippen LogP contribution in [0, 0.1) is 0 Å². The summed E-state index contributed by atoms with van der Waals surface area (Å²) >= 11 is 0. The monoisotopic (exact) mass is 357 g/mol. The Bertz CT molecular complexity index is 553. The van der Waals surface area contributed by atoms with Crippen LogP contribution in [0.5, 0.6) is 0 Å². The number of likely N-dealkylation sites (tertiary alicyclic amines) is 2. The van der Waals surface area contributed by atoms with Gasteiger partial charge in [-0.25, -0.2) is 13.2 Å². The van der Waals surface area contributed by atoms with Gasteiger partial charge >= 0.3 is 6.03 Å². The number of piperidine rings is 1. The Kier molecular flexibility index (Phi) is 6.69. The predicted molar refractivity (Wildman–Crippen MR) is 96.9 cm³/mol. The summed E-state index contributed by atoms with van der Waals surface area (Å²) in [5, 5.41) is 2.83. The highest BCUT2D eigenvalue weighted by molar-refractivity contribution is 7.91. The van der Waals surface area contributed by atoms with E-state index in [4.69, 9.17) is 0 Å². The molecule has 24 heavy (non-hydrogen) atoms. The minimum absolute atomic E-state index is 0.0393. The molecule has 2 saturated heterocycles. The molecular weight excluding hydrogens is 326 g/mol. The van der Waals surface area contributed by atoms with Crippen LogP contribution < -0.4 is 5.32 Å². The zero-order valence-corrected chi connectivity index (χ0v) is 15.8. The van der Waals surface area contributed by atoms with Gasteiger partial charge < -0.3 is 10.2 Å². The summed E-state index contributed by atoms with van der Waals surface area (Å²) in [5.41, 5.74) is 1.17. The molecule has 0 bridgehead atoms. The Morgan fingerprint density at radius 3 is 2.38 bits per heavy atom. The number of carbonyl (C=O) groups is 1. The second-order valence-corrected chi connectivity index (χ2v) is 9.65. The van der Waals surface area contributed by atoms with E-state index in [1.807, 2.05) is 6.92 Å². The molecule has 0 aromatic carbocycles. The minimum Gasteiger partial charge on any atom is -0.335 e. The van der Waals surface area contributed by atoms with Crippen molar-refractivity contribution in [1.82, 2.24) is 15.1 Å². The summed E-state index contributed by atoms with van der Waals surface area (Å²) in [4.78, 5) is 16.6. The topological polar surface area (TPSA) is 69.7 Å². The lowest BCUT2D eigenvalue weighted by molar-refractivity contribution is 0.177. The minimum atomic E-state index is -3.01. The maximum Gasteiger partial charge on any atom is 0.317 e. The molecule has 0 aliphatic carbocycles. The zero-order chi connectivity index (χ0) is 17.7. The quantitative estimate of drug-likeness (QED) is 0.777. The van der Waals surface area contributed by atoms with Crippen LogP contribution >= 0.6 is 0 Å². The van der Waals surface area contributed by atoms with Crippen LogP contribution in [0.3, 0.4) is 0 Å². The van der Waals surface area contributed by atoms with E-state index in [9.17, 15) is 13.2 Å². The number of urea groups is 1. The molecule has 0 aromatic rings. The molecule has 2 heterocycles. The SMILES string of the molecule is C=C(C)CN1CCC(NC(=O)N2CCCC(S(C)(=O)=O)CC2)CC1. The molecular formula is C17H31N3O3S. The molecule has 0 aromatic heterocycles. The summed E-state index contributed by atoms with van der Waals surface area (Å²) in [6.07, 6.45) is 5.16. The van der Waals surface area contributed by atoms with Gasteiger partial charge in [-0.3, -0.25) is 4.90 Å². The molecule has 1 atom stereocenters. The van der Waals surface area contributed by atoms with Gasteiger partial charge in [0.1, 0.15) is 9.84 Å². The molecule has 2 rings (SSSR count). The number of rotatable bonds is 4. The normalized spacial score (nSPS) is 24.4. The Hall–Kier alpha value is -1.08. The third-order valence-corrected chi connectivity index (χ3v) is 6.66. The van der Waals surface area contributed by atoms with Gasteiger partial charge in [0.2, 0.25) is 0 Å².